The molecule has 3 nitrogen and oxygen atoms in total. The molecule has 0 radical (unpaired) electrons. The van der Waals surface area contributed by atoms with E-state index < -0.39 is 0 Å². The van der Waals surface area contributed by atoms with Crippen molar-refractivity contribution in [3.8, 4) is 22.7 Å². The van der Waals surface area contributed by atoms with Crippen molar-refractivity contribution in [3.63, 3.8) is 0 Å². The lowest BCUT2D eigenvalue weighted by Gasteiger charge is -2.16. The second-order valence-corrected chi connectivity index (χ2v) is 6.33. The van der Waals surface area contributed by atoms with Crippen LogP contribution in [0.1, 0.15) is 18.4 Å². The van der Waals surface area contributed by atoms with Crippen molar-refractivity contribution in [1.82, 2.24) is 4.57 Å². The number of aromatic nitrogens is 1. The molecule has 3 aromatic rings. The van der Waals surface area contributed by atoms with Crippen LogP contribution in [0.2, 0.25) is 0 Å². The predicted octanol–water partition coefficient (Wildman–Crippen LogP) is 4.94. The van der Waals surface area contributed by atoms with E-state index in [0.29, 0.717) is 0 Å². The highest BCUT2D eigenvalue weighted by Crippen LogP contribution is 2.27. The normalized spacial score (nSPS) is 13.5. The van der Waals surface area contributed by atoms with E-state index in [1.807, 2.05) is 47.0 Å². The minimum absolute atomic E-state index is 0.258. The SMILES string of the molecule is O=c1cc(-c2ccccc2)n(-c2cccc(C3=CCCC=C3)c2)cc1O. The van der Waals surface area contributed by atoms with Crippen molar-refractivity contribution >= 4 is 5.57 Å². The lowest BCUT2D eigenvalue weighted by atomic mass is 9.99. The molecule has 0 aliphatic heterocycles. The summed E-state index contributed by atoms with van der Waals surface area (Å²) in [5.74, 6) is -0.258. The standard InChI is InChI=1S/C23H19NO2/c25-22-15-21(18-10-5-2-6-11-18)24(16-23(22)26)20-13-7-12-19(14-20)17-8-3-1-4-9-17/h2-3,5-16,26H,1,4H2. The molecule has 0 amide bonds. The van der Waals surface area contributed by atoms with Crippen molar-refractivity contribution in [2.24, 2.45) is 0 Å². The van der Waals surface area contributed by atoms with Gasteiger partial charge in [-0.3, -0.25) is 4.79 Å². The molecule has 2 aromatic carbocycles. The summed E-state index contributed by atoms with van der Waals surface area (Å²) in [5, 5.41) is 9.99. The minimum Gasteiger partial charge on any atom is -0.503 e. The van der Waals surface area contributed by atoms with Crippen molar-refractivity contribution < 1.29 is 5.11 Å². The maximum Gasteiger partial charge on any atom is 0.223 e. The van der Waals surface area contributed by atoms with E-state index in [4.69, 9.17) is 0 Å². The second-order valence-electron chi connectivity index (χ2n) is 6.33. The van der Waals surface area contributed by atoms with E-state index in [2.05, 4.69) is 30.4 Å². The number of aromatic hydroxyl groups is 1. The Kier molecular flexibility index (Phi) is 4.28. The van der Waals surface area contributed by atoms with Crippen LogP contribution < -0.4 is 5.43 Å². The number of hydrogen-bond donors (Lipinski definition) is 1. The Hall–Kier alpha value is -3.33. The Morgan fingerprint density at radius 2 is 1.69 bits per heavy atom. The summed E-state index contributed by atoms with van der Waals surface area (Å²) in [4.78, 5) is 12.0. The van der Waals surface area contributed by atoms with Gasteiger partial charge in [-0.05, 0) is 41.7 Å². The topological polar surface area (TPSA) is 42.2 Å². The molecule has 0 bridgehead atoms. The quantitative estimate of drug-likeness (QED) is 0.733. The Bertz CT molecular complexity index is 1060. The summed E-state index contributed by atoms with van der Waals surface area (Å²) in [6.07, 6.45) is 10.2. The van der Waals surface area contributed by atoms with Gasteiger partial charge in [0.15, 0.2) is 5.75 Å². The first kappa shape index (κ1) is 16.2. The summed E-state index contributed by atoms with van der Waals surface area (Å²) >= 11 is 0. The van der Waals surface area contributed by atoms with Crippen LogP contribution in [-0.4, -0.2) is 9.67 Å². The average Bonchev–Trinajstić information content (AvgIpc) is 2.71. The summed E-state index contributed by atoms with van der Waals surface area (Å²) < 4.78 is 1.86. The number of nitrogens with zero attached hydrogens (tertiary/aromatic N) is 1. The van der Waals surface area contributed by atoms with Gasteiger partial charge in [0.25, 0.3) is 0 Å². The fourth-order valence-corrected chi connectivity index (χ4v) is 3.23. The van der Waals surface area contributed by atoms with Crippen LogP contribution in [0.5, 0.6) is 5.75 Å². The van der Waals surface area contributed by atoms with E-state index in [0.717, 1.165) is 35.3 Å². The maximum atomic E-state index is 12.0. The predicted molar refractivity (Wildman–Crippen MR) is 105 cm³/mol. The Morgan fingerprint density at radius 3 is 2.46 bits per heavy atom. The van der Waals surface area contributed by atoms with E-state index in [1.54, 1.807) is 0 Å². The number of pyridine rings is 1. The molecule has 1 aliphatic carbocycles. The van der Waals surface area contributed by atoms with Gasteiger partial charge in [0.1, 0.15) is 0 Å². The van der Waals surface area contributed by atoms with Gasteiger partial charge >= 0.3 is 0 Å². The van der Waals surface area contributed by atoms with Crippen LogP contribution >= 0.6 is 0 Å². The van der Waals surface area contributed by atoms with Gasteiger partial charge in [-0.1, -0.05) is 60.7 Å². The maximum absolute atomic E-state index is 12.0. The van der Waals surface area contributed by atoms with Crippen molar-refractivity contribution in [2.75, 3.05) is 0 Å². The minimum atomic E-state index is -0.380. The molecule has 26 heavy (non-hydrogen) atoms. The van der Waals surface area contributed by atoms with Gasteiger partial charge in [-0.2, -0.15) is 0 Å². The van der Waals surface area contributed by atoms with Gasteiger partial charge < -0.3 is 9.67 Å². The molecule has 0 fully saturated rings. The third kappa shape index (κ3) is 3.11. The van der Waals surface area contributed by atoms with E-state index in [9.17, 15) is 9.90 Å². The molecule has 1 aliphatic rings. The van der Waals surface area contributed by atoms with E-state index in [-0.39, 0.29) is 11.2 Å². The van der Waals surface area contributed by atoms with Crippen molar-refractivity contribution in [2.45, 2.75) is 12.8 Å². The van der Waals surface area contributed by atoms with Crippen LogP contribution in [-0.2, 0) is 0 Å². The first-order valence-electron chi connectivity index (χ1n) is 8.71. The van der Waals surface area contributed by atoms with E-state index >= 15 is 0 Å². The van der Waals surface area contributed by atoms with Gasteiger partial charge in [-0.15, -0.1) is 0 Å². The molecule has 1 heterocycles. The molecule has 0 atom stereocenters. The number of hydrogen-bond acceptors (Lipinski definition) is 2. The molecule has 4 rings (SSSR count). The summed E-state index contributed by atoms with van der Waals surface area (Å²) in [7, 11) is 0. The van der Waals surface area contributed by atoms with Crippen LogP contribution in [0.3, 0.4) is 0 Å². The fraction of sp³-hybridized carbons (Fsp3) is 0.0870. The van der Waals surface area contributed by atoms with Crippen molar-refractivity contribution in [3.05, 3.63) is 101 Å². The zero-order chi connectivity index (χ0) is 17.9. The van der Waals surface area contributed by atoms with Crippen LogP contribution in [0, 0.1) is 0 Å². The van der Waals surface area contributed by atoms with E-state index in [1.165, 1.54) is 17.8 Å². The largest absolute Gasteiger partial charge is 0.503 e. The Labute approximate surface area is 152 Å². The lowest BCUT2D eigenvalue weighted by Crippen LogP contribution is -2.08. The highest BCUT2D eigenvalue weighted by atomic mass is 16.3. The summed E-state index contributed by atoms with van der Waals surface area (Å²) in [6, 6.07) is 19.3. The zero-order valence-corrected chi connectivity index (χ0v) is 14.3. The molecule has 3 heteroatoms. The molecule has 0 saturated heterocycles. The highest BCUT2D eigenvalue weighted by Gasteiger charge is 2.11. The summed E-state index contributed by atoms with van der Waals surface area (Å²) in [5.41, 5.74) is 4.51. The van der Waals surface area contributed by atoms with Crippen LogP contribution in [0.25, 0.3) is 22.5 Å². The summed E-state index contributed by atoms with van der Waals surface area (Å²) in [6.45, 7) is 0. The molecule has 0 unspecified atom stereocenters. The molecule has 0 saturated carbocycles. The fourth-order valence-electron chi connectivity index (χ4n) is 3.23. The molecular weight excluding hydrogens is 322 g/mol. The smallest absolute Gasteiger partial charge is 0.223 e. The number of allylic oxidation sites excluding steroid dienone is 4. The lowest BCUT2D eigenvalue weighted by molar-refractivity contribution is 0.465. The Balaban J connectivity index is 1.88. The second kappa shape index (κ2) is 6.89. The third-order valence-electron chi connectivity index (χ3n) is 4.55. The molecule has 1 N–H and O–H groups in total. The third-order valence-corrected chi connectivity index (χ3v) is 4.55. The Morgan fingerprint density at radius 1 is 0.885 bits per heavy atom. The van der Waals surface area contributed by atoms with Crippen LogP contribution in [0.4, 0.5) is 0 Å². The van der Waals surface area contributed by atoms with Crippen LogP contribution in [0.15, 0.2) is 89.9 Å². The number of benzene rings is 2. The molecule has 128 valence electrons. The first-order valence-corrected chi connectivity index (χ1v) is 8.71. The van der Waals surface area contributed by atoms with Gasteiger partial charge in [0, 0.05) is 11.8 Å². The molecule has 0 spiro atoms. The molecule has 1 aromatic heterocycles. The first-order chi connectivity index (χ1) is 12.7. The van der Waals surface area contributed by atoms with Crippen molar-refractivity contribution in [1.29, 1.82) is 0 Å². The van der Waals surface area contributed by atoms with Gasteiger partial charge in [0.2, 0.25) is 5.43 Å². The van der Waals surface area contributed by atoms with Gasteiger partial charge in [-0.25, -0.2) is 0 Å². The average molecular weight is 341 g/mol. The molecular formula is C23H19NO2. The monoisotopic (exact) mass is 341 g/mol. The zero-order valence-electron chi connectivity index (χ0n) is 14.3. The highest BCUT2D eigenvalue weighted by molar-refractivity contribution is 5.76. The van der Waals surface area contributed by atoms with Gasteiger partial charge in [0.05, 0.1) is 11.9 Å². The number of rotatable bonds is 3.